The second-order valence-electron chi connectivity index (χ2n) is 7.71. The van der Waals surface area contributed by atoms with E-state index in [1.54, 1.807) is 0 Å². The monoisotopic (exact) mass is 320 g/mol. The Morgan fingerprint density at radius 2 is 1.57 bits per heavy atom. The van der Waals surface area contributed by atoms with Crippen LogP contribution in [0.25, 0.3) is 0 Å². The van der Waals surface area contributed by atoms with E-state index in [4.69, 9.17) is 4.43 Å². The van der Waals surface area contributed by atoms with Gasteiger partial charge in [0.05, 0.1) is 6.61 Å². The third kappa shape index (κ3) is 8.94. The Kier molecular flexibility index (Phi) is 9.99. The Hall–Kier alpha value is 0.0669. The van der Waals surface area contributed by atoms with E-state index in [9.17, 15) is 9.50 Å². The van der Waals surface area contributed by atoms with Gasteiger partial charge in [-0.2, -0.15) is 0 Å². The average Bonchev–Trinajstić information content (AvgIpc) is 2.38. The van der Waals surface area contributed by atoms with Gasteiger partial charge in [-0.15, -0.1) is 0 Å². The maximum atomic E-state index is 13.9. The fourth-order valence-corrected chi connectivity index (χ4v) is 2.95. The second kappa shape index (κ2) is 9.96. The fourth-order valence-electron chi connectivity index (χ4n) is 1.93. The van der Waals surface area contributed by atoms with Gasteiger partial charge in [-0.25, -0.2) is 4.39 Å². The van der Waals surface area contributed by atoms with E-state index >= 15 is 0 Å². The minimum atomic E-state index is -1.89. The highest BCUT2D eigenvalue weighted by atomic mass is 28.4. The molecule has 0 spiro atoms. The Morgan fingerprint density at radius 1 is 1.05 bits per heavy atom. The summed E-state index contributed by atoms with van der Waals surface area (Å²) >= 11 is 0. The highest BCUT2D eigenvalue weighted by Gasteiger charge is 2.38. The van der Waals surface area contributed by atoms with Gasteiger partial charge >= 0.3 is 0 Å². The van der Waals surface area contributed by atoms with E-state index in [2.05, 4.69) is 40.8 Å². The molecule has 0 amide bonds. The SMILES string of the molecule is CCCCCCCC[C@@H](F)[C@H](O)CO[Si](C)(C)C(C)(C)C. The van der Waals surface area contributed by atoms with Crippen molar-refractivity contribution >= 4 is 8.32 Å². The first kappa shape index (κ1) is 21.1. The smallest absolute Gasteiger partial charge is 0.192 e. The number of aliphatic hydroxyl groups excluding tert-OH is 1. The molecule has 4 heteroatoms. The standard InChI is InChI=1S/C17H37FO2Si/c1-7-8-9-10-11-12-13-15(18)16(19)14-20-21(5,6)17(2,3)4/h15-16,19H,7-14H2,1-6H3/t15-,16-/m1/s1. The number of rotatable bonds is 11. The zero-order chi connectivity index (χ0) is 16.5. The summed E-state index contributed by atoms with van der Waals surface area (Å²) in [6.45, 7) is 13.0. The summed E-state index contributed by atoms with van der Waals surface area (Å²) < 4.78 is 19.8. The van der Waals surface area contributed by atoms with Crippen LogP contribution in [0.4, 0.5) is 4.39 Å². The lowest BCUT2D eigenvalue weighted by molar-refractivity contribution is 0.0280. The van der Waals surface area contributed by atoms with E-state index in [0.717, 1.165) is 12.8 Å². The van der Waals surface area contributed by atoms with Gasteiger partial charge in [-0.1, -0.05) is 66.2 Å². The van der Waals surface area contributed by atoms with Crippen molar-refractivity contribution in [3.05, 3.63) is 0 Å². The molecular weight excluding hydrogens is 283 g/mol. The van der Waals surface area contributed by atoms with E-state index in [0.29, 0.717) is 6.42 Å². The zero-order valence-electron chi connectivity index (χ0n) is 15.0. The summed E-state index contributed by atoms with van der Waals surface area (Å²) in [5.74, 6) is 0. The number of unbranched alkanes of at least 4 members (excludes halogenated alkanes) is 5. The fraction of sp³-hybridized carbons (Fsp3) is 1.00. The lowest BCUT2D eigenvalue weighted by Gasteiger charge is -2.37. The van der Waals surface area contributed by atoms with Crippen molar-refractivity contribution in [3.8, 4) is 0 Å². The third-order valence-corrected chi connectivity index (χ3v) is 9.17. The van der Waals surface area contributed by atoms with Crippen molar-refractivity contribution in [1.82, 2.24) is 0 Å². The van der Waals surface area contributed by atoms with Gasteiger partial charge in [0.15, 0.2) is 8.32 Å². The molecule has 2 nitrogen and oxygen atoms in total. The highest BCUT2D eigenvalue weighted by molar-refractivity contribution is 6.74. The van der Waals surface area contributed by atoms with Crippen molar-refractivity contribution in [1.29, 1.82) is 0 Å². The number of aliphatic hydroxyl groups is 1. The van der Waals surface area contributed by atoms with Crippen LogP contribution in [-0.4, -0.2) is 32.3 Å². The molecule has 2 atom stereocenters. The highest BCUT2D eigenvalue weighted by Crippen LogP contribution is 2.36. The molecule has 0 aliphatic carbocycles. The van der Waals surface area contributed by atoms with Gasteiger partial charge in [0.2, 0.25) is 0 Å². The van der Waals surface area contributed by atoms with E-state index in [1.165, 1.54) is 25.7 Å². The van der Waals surface area contributed by atoms with Crippen LogP contribution in [0, 0.1) is 0 Å². The number of hydrogen-bond donors (Lipinski definition) is 1. The molecule has 0 aromatic rings. The van der Waals surface area contributed by atoms with Crippen LogP contribution in [0.2, 0.25) is 18.1 Å². The molecule has 0 aromatic carbocycles. The molecule has 0 aliphatic heterocycles. The van der Waals surface area contributed by atoms with Crippen LogP contribution in [0.5, 0.6) is 0 Å². The molecule has 21 heavy (non-hydrogen) atoms. The molecule has 0 saturated carbocycles. The first-order chi connectivity index (χ1) is 9.62. The summed E-state index contributed by atoms with van der Waals surface area (Å²) in [4.78, 5) is 0. The molecule has 0 aromatic heterocycles. The van der Waals surface area contributed by atoms with Gasteiger partial charge < -0.3 is 9.53 Å². The van der Waals surface area contributed by atoms with Gasteiger partial charge in [-0.05, 0) is 24.6 Å². The van der Waals surface area contributed by atoms with Crippen LogP contribution in [0.1, 0.15) is 72.6 Å². The average molecular weight is 321 g/mol. The summed E-state index contributed by atoms with van der Waals surface area (Å²) in [6, 6.07) is 0. The van der Waals surface area contributed by atoms with Crippen molar-refractivity contribution in [2.75, 3.05) is 6.61 Å². The maximum absolute atomic E-state index is 13.9. The van der Waals surface area contributed by atoms with Crippen molar-refractivity contribution in [2.24, 2.45) is 0 Å². The normalized spacial score (nSPS) is 16.0. The predicted octanol–water partition coefficient (Wildman–Crippen LogP) is 5.46. The van der Waals surface area contributed by atoms with Crippen LogP contribution >= 0.6 is 0 Å². The molecular formula is C17H37FO2Si. The lowest BCUT2D eigenvalue weighted by atomic mass is 10.1. The van der Waals surface area contributed by atoms with E-state index < -0.39 is 20.6 Å². The summed E-state index contributed by atoms with van der Waals surface area (Å²) in [7, 11) is -1.89. The maximum Gasteiger partial charge on any atom is 0.192 e. The molecule has 128 valence electrons. The lowest BCUT2D eigenvalue weighted by Crippen LogP contribution is -2.43. The van der Waals surface area contributed by atoms with Crippen LogP contribution in [0.3, 0.4) is 0 Å². The number of hydrogen-bond acceptors (Lipinski definition) is 2. The summed E-state index contributed by atoms with van der Waals surface area (Å²) in [5, 5.41) is 10.0. The van der Waals surface area contributed by atoms with Crippen molar-refractivity contribution < 1.29 is 13.9 Å². The minimum absolute atomic E-state index is 0.0950. The quantitative estimate of drug-likeness (QED) is 0.405. The van der Waals surface area contributed by atoms with E-state index in [1.807, 2.05) is 0 Å². The minimum Gasteiger partial charge on any atom is -0.414 e. The molecule has 0 unspecified atom stereocenters. The predicted molar refractivity (Wildman–Crippen MR) is 92.0 cm³/mol. The third-order valence-electron chi connectivity index (χ3n) is 4.67. The Bertz CT molecular complexity index is 264. The van der Waals surface area contributed by atoms with Crippen molar-refractivity contribution in [2.45, 2.75) is 103 Å². The van der Waals surface area contributed by atoms with E-state index in [-0.39, 0.29) is 11.6 Å². The first-order valence-corrected chi connectivity index (χ1v) is 11.5. The molecule has 0 bridgehead atoms. The molecule has 0 aliphatic rings. The molecule has 0 heterocycles. The zero-order valence-corrected chi connectivity index (χ0v) is 16.0. The van der Waals surface area contributed by atoms with Crippen molar-refractivity contribution in [3.63, 3.8) is 0 Å². The Balaban J connectivity index is 3.87. The van der Waals surface area contributed by atoms with Gasteiger partial charge in [0.25, 0.3) is 0 Å². The van der Waals surface area contributed by atoms with Gasteiger partial charge in [-0.3, -0.25) is 0 Å². The second-order valence-corrected chi connectivity index (χ2v) is 12.5. The number of halogens is 1. The molecule has 0 saturated heterocycles. The van der Waals surface area contributed by atoms with Gasteiger partial charge in [0.1, 0.15) is 12.3 Å². The Morgan fingerprint density at radius 3 is 2.10 bits per heavy atom. The summed E-state index contributed by atoms with van der Waals surface area (Å²) in [5.41, 5.74) is 0. The summed E-state index contributed by atoms with van der Waals surface area (Å²) in [6.07, 6.45) is 5.17. The Labute approximate surface area is 132 Å². The van der Waals surface area contributed by atoms with Crippen LogP contribution in [0.15, 0.2) is 0 Å². The first-order valence-electron chi connectivity index (χ1n) is 8.58. The van der Waals surface area contributed by atoms with Gasteiger partial charge in [0, 0.05) is 0 Å². The van der Waals surface area contributed by atoms with Crippen LogP contribution in [-0.2, 0) is 4.43 Å². The molecule has 0 rings (SSSR count). The number of alkyl halides is 1. The molecule has 0 fully saturated rings. The van der Waals surface area contributed by atoms with Crippen LogP contribution < -0.4 is 0 Å². The topological polar surface area (TPSA) is 29.5 Å². The molecule has 1 N–H and O–H groups in total. The largest absolute Gasteiger partial charge is 0.414 e. The molecule has 0 radical (unpaired) electrons.